The van der Waals surface area contributed by atoms with E-state index in [4.69, 9.17) is 0 Å². The van der Waals surface area contributed by atoms with Gasteiger partial charge in [0.1, 0.15) is 6.54 Å². The summed E-state index contributed by atoms with van der Waals surface area (Å²) in [5.74, 6) is -3.05. The first kappa shape index (κ1) is 11.8. The monoisotopic (exact) mass is 225 g/mol. The fourth-order valence-corrected chi connectivity index (χ4v) is 1.36. The topological polar surface area (TPSA) is 46.6 Å². The molecule has 86 valence electrons. The van der Waals surface area contributed by atoms with Crippen LogP contribution in [0.3, 0.4) is 0 Å². The third kappa shape index (κ3) is 2.84. The first-order valence-corrected chi connectivity index (χ1v) is 4.26. The first-order valence-electron chi connectivity index (χ1n) is 4.26. The highest BCUT2D eigenvalue weighted by Gasteiger charge is 2.47. The Labute approximate surface area is 84.0 Å². The summed E-state index contributed by atoms with van der Waals surface area (Å²) in [6, 6.07) is 0. The summed E-state index contributed by atoms with van der Waals surface area (Å²) in [6.45, 7) is -0.876. The predicted octanol–water partition coefficient (Wildman–Crippen LogP) is 0.570. The number of ether oxygens (including phenoxy) is 1. The quantitative estimate of drug-likeness (QED) is 0.645. The van der Waals surface area contributed by atoms with Crippen LogP contribution in [0.1, 0.15) is 6.42 Å². The lowest BCUT2D eigenvalue weighted by atomic mass is 10.1. The number of rotatable bonds is 2. The number of alkyl halides is 3. The molecule has 0 aromatic carbocycles. The Hall–Kier alpha value is -1.27. The molecule has 1 saturated heterocycles. The molecule has 1 unspecified atom stereocenters. The van der Waals surface area contributed by atoms with E-state index >= 15 is 0 Å². The fourth-order valence-electron chi connectivity index (χ4n) is 1.36. The molecule has 0 saturated carbocycles. The van der Waals surface area contributed by atoms with Crippen molar-refractivity contribution in [3.63, 3.8) is 0 Å². The van der Waals surface area contributed by atoms with Crippen LogP contribution in [0.25, 0.3) is 0 Å². The van der Waals surface area contributed by atoms with Gasteiger partial charge in [0, 0.05) is 13.0 Å². The third-order valence-electron chi connectivity index (χ3n) is 2.23. The number of likely N-dealkylation sites (tertiary alicyclic amines) is 1. The van der Waals surface area contributed by atoms with Gasteiger partial charge in [0.25, 0.3) is 0 Å². The van der Waals surface area contributed by atoms with Crippen molar-refractivity contribution in [3.8, 4) is 0 Å². The Balaban J connectivity index is 2.57. The predicted molar refractivity (Wildman–Crippen MR) is 42.8 cm³/mol. The van der Waals surface area contributed by atoms with Crippen LogP contribution in [-0.2, 0) is 14.3 Å². The minimum atomic E-state index is -4.39. The van der Waals surface area contributed by atoms with Gasteiger partial charge in [-0.3, -0.25) is 9.59 Å². The molecule has 0 radical (unpaired) electrons. The van der Waals surface area contributed by atoms with Crippen LogP contribution in [0.5, 0.6) is 0 Å². The zero-order valence-electron chi connectivity index (χ0n) is 8.00. The van der Waals surface area contributed by atoms with Gasteiger partial charge in [-0.05, 0) is 0 Å². The average Bonchev–Trinajstić information content (AvgIpc) is 2.47. The normalized spacial score (nSPS) is 22.0. The molecule has 1 atom stereocenters. The number of carbonyl (C=O) groups is 2. The maximum Gasteiger partial charge on any atom is 0.394 e. The van der Waals surface area contributed by atoms with E-state index < -0.39 is 43.5 Å². The lowest BCUT2D eigenvalue weighted by Gasteiger charge is -2.16. The van der Waals surface area contributed by atoms with E-state index in [9.17, 15) is 22.8 Å². The number of amides is 1. The molecule has 0 spiro atoms. The number of methoxy groups -OCH3 is 1. The zero-order chi connectivity index (χ0) is 11.6. The lowest BCUT2D eigenvalue weighted by molar-refractivity contribution is -0.171. The molecule has 0 N–H and O–H groups in total. The maximum absolute atomic E-state index is 12.2. The van der Waals surface area contributed by atoms with Crippen molar-refractivity contribution in [1.29, 1.82) is 0 Å². The number of esters is 1. The summed E-state index contributed by atoms with van der Waals surface area (Å²) in [7, 11) is 1.12. The van der Waals surface area contributed by atoms with Gasteiger partial charge in [0.05, 0.1) is 13.0 Å². The second kappa shape index (κ2) is 4.08. The van der Waals surface area contributed by atoms with E-state index in [0.29, 0.717) is 0 Å². The Bertz CT molecular complexity index is 277. The van der Waals surface area contributed by atoms with Gasteiger partial charge in [-0.1, -0.05) is 0 Å². The van der Waals surface area contributed by atoms with Crippen LogP contribution in [0.4, 0.5) is 13.2 Å². The number of hydrogen-bond acceptors (Lipinski definition) is 3. The van der Waals surface area contributed by atoms with E-state index in [1.54, 1.807) is 0 Å². The molecular formula is C8H10F3NO3. The Morgan fingerprint density at radius 2 is 2.20 bits per heavy atom. The lowest BCUT2D eigenvalue weighted by Crippen LogP contribution is -2.33. The van der Waals surface area contributed by atoms with Gasteiger partial charge < -0.3 is 9.64 Å². The van der Waals surface area contributed by atoms with Gasteiger partial charge in [-0.25, -0.2) is 0 Å². The minimum absolute atomic E-state index is 0.415. The van der Waals surface area contributed by atoms with Gasteiger partial charge in [-0.2, -0.15) is 13.2 Å². The van der Waals surface area contributed by atoms with E-state index in [0.717, 1.165) is 12.0 Å². The van der Waals surface area contributed by atoms with Crippen molar-refractivity contribution in [3.05, 3.63) is 0 Å². The van der Waals surface area contributed by atoms with Gasteiger partial charge >= 0.3 is 12.1 Å². The summed E-state index contributed by atoms with van der Waals surface area (Å²) >= 11 is 0. The maximum atomic E-state index is 12.2. The van der Waals surface area contributed by atoms with Crippen molar-refractivity contribution >= 4 is 11.9 Å². The van der Waals surface area contributed by atoms with Gasteiger partial charge in [-0.15, -0.1) is 0 Å². The second-order valence-corrected chi connectivity index (χ2v) is 3.29. The van der Waals surface area contributed by atoms with Crippen molar-refractivity contribution in [2.75, 3.05) is 20.2 Å². The molecule has 0 aromatic heterocycles. The molecule has 0 bridgehead atoms. The molecule has 7 heteroatoms. The minimum Gasteiger partial charge on any atom is -0.468 e. The summed E-state index contributed by atoms with van der Waals surface area (Å²) in [6.07, 6.45) is -4.97. The molecule has 4 nitrogen and oxygen atoms in total. The van der Waals surface area contributed by atoms with Crippen molar-refractivity contribution in [2.24, 2.45) is 5.92 Å². The van der Waals surface area contributed by atoms with Crippen LogP contribution >= 0.6 is 0 Å². The van der Waals surface area contributed by atoms with Gasteiger partial charge in [0.2, 0.25) is 5.91 Å². The van der Waals surface area contributed by atoms with Crippen LogP contribution in [0.2, 0.25) is 0 Å². The highest BCUT2D eigenvalue weighted by Crippen LogP contribution is 2.33. The average molecular weight is 225 g/mol. The van der Waals surface area contributed by atoms with Gasteiger partial charge in [0.15, 0.2) is 0 Å². The molecular weight excluding hydrogens is 215 g/mol. The molecule has 1 amide bonds. The zero-order valence-corrected chi connectivity index (χ0v) is 8.00. The summed E-state index contributed by atoms with van der Waals surface area (Å²) in [5.41, 5.74) is 0. The highest BCUT2D eigenvalue weighted by molar-refractivity contribution is 5.83. The smallest absolute Gasteiger partial charge is 0.394 e. The SMILES string of the molecule is COC(=O)CN1CC(C(F)(F)F)CC1=O. The Morgan fingerprint density at radius 3 is 2.60 bits per heavy atom. The Kier molecular flexibility index (Phi) is 3.21. The summed E-state index contributed by atoms with van der Waals surface area (Å²) in [4.78, 5) is 22.7. The molecule has 1 aliphatic rings. The second-order valence-electron chi connectivity index (χ2n) is 3.29. The number of nitrogens with zero attached hydrogens (tertiary/aromatic N) is 1. The Morgan fingerprint density at radius 1 is 1.60 bits per heavy atom. The van der Waals surface area contributed by atoms with E-state index in [-0.39, 0.29) is 0 Å². The molecule has 0 aromatic rings. The van der Waals surface area contributed by atoms with Crippen LogP contribution in [0.15, 0.2) is 0 Å². The van der Waals surface area contributed by atoms with Crippen LogP contribution in [0, 0.1) is 5.92 Å². The number of carbonyl (C=O) groups excluding carboxylic acids is 2. The largest absolute Gasteiger partial charge is 0.468 e. The first-order chi connectivity index (χ1) is 6.84. The van der Waals surface area contributed by atoms with E-state index in [1.165, 1.54) is 0 Å². The summed E-state index contributed by atoms with van der Waals surface area (Å²) in [5, 5.41) is 0. The molecule has 0 aliphatic carbocycles. The van der Waals surface area contributed by atoms with Crippen LogP contribution in [-0.4, -0.2) is 43.2 Å². The molecule has 1 heterocycles. The van der Waals surface area contributed by atoms with E-state index in [2.05, 4.69) is 4.74 Å². The number of halogens is 3. The van der Waals surface area contributed by atoms with Crippen LogP contribution < -0.4 is 0 Å². The van der Waals surface area contributed by atoms with Crippen molar-refractivity contribution in [1.82, 2.24) is 4.90 Å². The molecule has 1 aliphatic heterocycles. The standard InChI is InChI=1S/C8H10F3NO3/c1-15-7(14)4-12-3-5(2-6(12)13)8(9,10)11/h5H,2-4H2,1H3. The highest BCUT2D eigenvalue weighted by atomic mass is 19.4. The molecule has 15 heavy (non-hydrogen) atoms. The van der Waals surface area contributed by atoms with Crippen molar-refractivity contribution in [2.45, 2.75) is 12.6 Å². The summed E-state index contributed by atoms with van der Waals surface area (Å²) < 4.78 is 41.0. The third-order valence-corrected chi connectivity index (χ3v) is 2.23. The van der Waals surface area contributed by atoms with Crippen molar-refractivity contribution < 1.29 is 27.5 Å². The molecule has 1 rings (SSSR count). The van der Waals surface area contributed by atoms with E-state index in [1.807, 2.05) is 0 Å². The molecule has 1 fully saturated rings. The number of hydrogen-bond donors (Lipinski definition) is 0. The fraction of sp³-hybridized carbons (Fsp3) is 0.750.